The summed E-state index contributed by atoms with van der Waals surface area (Å²) in [5.74, 6) is 0. The fraction of sp³-hybridized carbons (Fsp3) is 0.267. The number of benzene rings is 1. The van der Waals surface area contributed by atoms with Crippen molar-refractivity contribution in [3.63, 3.8) is 0 Å². The second-order valence-electron chi connectivity index (χ2n) is 4.69. The molecule has 0 saturated carbocycles. The van der Waals surface area contributed by atoms with Crippen molar-refractivity contribution in [2.75, 3.05) is 24.3 Å². The van der Waals surface area contributed by atoms with E-state index >= 15 is 0 Å². The van der Waals surface area contributed by atoms with E-state index in [-0.39, 0.29) is 6.61 Å². The molecule has 1 unspecified atom stereocenters. The molecule has 3 N–H and O–H groups in total. The Balaban J connectivity index is 2.27. The van der Waals surface area contributed by atoms with Crippen LogP contribution in [-0.4, -0.2) is 23.7 Å². The molecule has 0 aliphatic rings. The predicted molar refractivity (Wildman–Crippen MR) is 78.3 cm³/mol. The summed E-state index contributed by atoms with van der Waals surface area (Å²) >= 11 is 0. The Kier molecular flexibility index (Phi) is 4.02. The Morgan fingerprint density at radius 1 is 1.16 bits per heavy atom. The van der Waals surface area contributed by atoms with E-state index in [2.05, 4.69) is 15.6 Å². The minimum absolute atomic E-state index is 0.000788. The second-order valence-corrected chi connectivity index (χ2v) is 4.69. The zero-order chi connectivity index (χ0) is 13.7. The zero-order valence-corrected chi connectivity index (χ0v) is 11.2. The van der Waals surface area contributed by atoms with E-state index < -0.39 is 5.54 Å². The topological polar surface area (TPSA) is 57.2 Å². The van der Waals surface area contributed by atoms with Crippen LogP contribution in [0.1, 0.15) is 12.5 Å². The largest absolute Gasteiger partial charge is 0.394 e. The lowest BCUT2D eigenvalue weighted by atomic mass is 9.92. The first-order chi connectivity index (χ1) is 9.18. The van der Waals surface area contributed by atoms with Gasteiger partial charge in [-0.2, -0.15) is 0 Å². The summed E-state index contributed by atoms with van der Waals surface area (Å²) in [5.41, 5.74) is 2.30. The molecule has 0 saturated heterocycles. The maximum Gasteiger partial charge on any atom is 0.0828 e. The van der Waals surface area contributed by atoms with Crippen molar-refractivity contribution in [1.29, 1.82) is 0 Å². The molecule has 0 radical (unpaired) electrons. The van der Waals surface area contributed by atoms with E-state index in [0.717, 1.165) is 16.9 Å². The van der Waals surface area contributed by atoms with Gasteiger partial charge in [0.05, 0.1) is 35.9 Å². The predicted octanol–water partition coefficient (Wildman–Crippen LogP) is 2.44. The molecular formula is C15H19N3O. The van der Waals surface area contributed by atoms with Crippen molar-refractivity contribution >= 4 is 11.4 Å². The van der Waals surface area contributed by atoms with Crippen molar-refractivity contribution < 1.29 is 5.11 Å². The summed E-state index contributed by atoms with van der Waals surface area (Å²) in [6.45, 7) is 1.97. The fourth-order valence-electron chi connectivity index (χ4n) is 1.97. The molecule has 1 heterocycles. The average molecular weight is 257 g/mol. The average Bonchev–Trinajstić information content (AvgIpc) is 2.48. The highest BCUT2D eigenvalue weighted by Crippen LogP contribution is 2.26. The van der Waals surface area contributed by atoms with E-state index in [9.17, 15) is 5.11 Å². The molecule has 4 heteroatoms. The van der Waals surface area contributed by atoms with Gasteiger partial charge in [-0.15, -0.1) is 0 Å². The van der Waals surface area contributed by atoms with Gasteiger partial charge in [-0.05, 0) is 18.6 Å². The maximum atomic E-state index is 9.73. The van der Waals surface area contributed by atoms with Gasteiger partial charge in [0.25, 0.3) is 0 Å². The molecule has 2 aromatic rings. The lowest BCUT2D eigenvalue weighted by molar-refractivity contribution is 0.224. The quantitative estimate of drug-likeness (QED) is 0.770. The summed E-state index contributed by atoms with van der Waals surface area (Å²) < 4.78 is 0. The van der Waals surface area contributed by atoms with Crippen molar-refractivity contribution in [2.45, 2.75) is 12.5 Å². The normalized spacial score (nSPS) is 13.6. The van der Waals surface area contributed by atoms with E-state index in [4.69, 9.17) is 0 Å². The van der Waals surface area contributed by atoms with Crippen LogP contribution in [0.15, 0.2) is 48.8 Å². The van der Waals surface area contributed by atoms with Crippen LogP contribution in [0.4, 0.5) is 11.4 Å². The zero-order valence-electron chi connectivity index (χ0n) is 11.2. The van der Waals surface area contributed by atoms with Gasteiger partial charge < -0.3 is 15.7 Å². The van der Waals surface area contributed by atoms with E-state index in [0.29, 0.717) is 0 Å². The monoisotopic (exact) mass is 257 g/mol. The van der Waals surface area contributed by atoms with Crippen LogP contribution in [0, 0.1) is 0 Å². The number of aromatic nitrogens is 1. The number of anilines is 2. The lowest BCUT2D eigenvalue weighted by Crippen LogP contribution is -2.35. The molecule has 1 aromatic carbocycles. The summed E-state index contributed by atoms with van der Waals surface area (Å²) in [4.78, 5) is 4.16. The number of hydrogen-bond donors (Lipinski definition) is 3. The highest BCUT2D eigenvalue weighted by atomic mass is 16.3. The standard InChI is InChI=1S/C15H19N3O/c1-15(11-19,12-6-4-3-5-7-12)18-14-8-13(16-2)9-17-10-14/h3-10,16,18-19H,11H2,1-2H3. The third-order valence-electron chi connectivity index (χ3n) is 3.17. The highest BCUT2D eigenvalue weighted by molar-refractivity contribution is 5.55. The molecule has 0 spiro atoms. The molecule has 19 heavy (non-hydrogen) atoms. The maximum absolute atomic E-state index is 9.73. The van der Waals surface area contributed by atoms with Crippen LogP contribution < -0.4 is 10.6 Å². The first kappa shape index (κ1) is 13.4. The Hall–Kier alpha value is -2.07. The van der Waals surface area contributed by atoms with Crippen LogP contribution >= 0.6 is 0 Å². The highest BCUT2D eigenvalue weighted by Gasteiger charge is 2.25. The van der Waals surface area contributed by atoms with Gasteiger partial charge >= 0.3 is 0 Å². The van der Waals surface area contributed by atoms with Gasteiger partial charge in [0, 0.05) is 7.05 Å². The number of nitrogens with one attached hydrogen (secondary N) is 2. The van der Waals surface area contributed by atoms with Crippen molar-refractivity contribution in [3.05, 3.63) is 54.4 Å². The number of rotatable bonds is 5. The molecule has 4 nitrogen and oxygen atoms in total. The summed E-state index contributed by atoms with van der Waals surface area (Å²) in [7, 11) is 1.85. The molecular weight excluding hydrogens is 238 g/mol. The van der Waals surface area contributed by atoms with Gasteiger partial charge in [0.1, 0.15) is 0 Å². The molecule has 0 amide bonds. The van der Waals surface area contributed by atoms with Gasteiger partial charge in [0.2, 0.25) is 0 Å². The molecule has 2 rings (SSSR count). The van der Waals surface area contributed by atoms with E-state index in [1.807, 2.05) is 50.4 Å². The molecule has 0 fully saturated rings. The van der Waals surface area contributed by atoms with E-state index in [1.165, 1.54) is 0 Å². The Labute approximate surface area is 113 Å². The van der Waals surface area contributed by atoms with Gasteiger partial charge in [-0.1, -0.05) is 30.3 Å². The summed E-state index contributed by atoms with van der Waals surface area (Å²) in [6.07, 6.45) is 3.50. The Bertz CT molecular complexity index is 530. The minimum Gasteiger partial charge on any atom is -0.394 e. The summed E-state index contributed by atoms with van der Waals surface area (Å²) in [6, 6.07) is 11.9. The fourth-order valence-corrected chi connectivity index (χ4v) is 1.97. The van der Waals surface area contributed by atoms with Crippen LogP contribution in [0.3, 0.4) is 0 Å². The smallest absolute Gasteiger partial charge is 0.0828 e. The minimum atomic E-state index is -0.532. The van der Waals surface area contributed by atoms with Crippen molar-refractivity contribution in [3.8, 4) is 0 Å². The second kappa shape index (κ2) is 5.71. The van der Waals surface area contributed by atoms with Crippen LogP contribution in [0.2, 0.25) is 0 Å². The number of hydrogen-bond acceptors (Lipinski definition) is 4. The molecule has 0 aliphatic heterocycles. The molecule has 0 bridgehead atoms. The van der Waals surface area contributed by atoms with Crippen molar-refractivity contribution in [2.24, 2.45) is 0 Å². The Morgan fingerprint density at radius 3 is 2.47 bits per heavy atom. The number of pyridine rings is 1. The Morgan fingerprint density at radius 2 is 1.84 bits per heavy atom. The molecule has 100 valence electrons. The number of aliphatic hydroxyl groups excluding tert-OH is 1. The van der Waals surface area contributed by atoms with Crippen LogP contribution in [-0.2, 0) is 5.54 Å². The SMILES string of the molecule is CNc1cncc(NC(C)(CO)c2ccccc2)c1. The lowest BCUT2D eigenvalue weighted by Gasteiger charge is -2.30. The van der Waals surface area contributed by atoms with Crippen LogP contribution in [0.25, 0.3) is 0 Å². The van der Waals surface area contributed by atoms with Gasteiger partial charge in [0.15, 0.2) is 0 Å². The van der Waals surface area contributed by atoms with Gasteiger partial charge in [-0.3, -0.25) is 4.98 Å². The third-order valence-corrected chi connectivity index (χ3v) is 3.17. The summed E-state index contributed by atoms with van der Waals surface area (Å²) in [5, 5.41) is 16.1. The van der Waals surface area contributed by atoms with Crippen LogP contribution in [0.5, 0.6) is 0 Å². The van der Waals surface area contributed by atoms with Crippen molar-refractivity contribution in [1.82, 2.24) is 4.98 Å². The molecule has 1 aromatic heterocycles. The number of nitrogens with zero attached hydrogens (tertiary/aromatic N) is 1. The van der Waals surface area contributed by atoms with E-state index in [1.54, 1.807) is 12.4 Å². The molecule has 0 aliphatic carbocycles. The first-order valence-corrected chi connectivity index (χ1v) is 6.25. The number of aliphatic hydroxyl groups is 1. The first-order valence-electron chi connectivity index (χ1n) is 6.25. The third kappa shape index (κ3) is 3.03. The molecule has 1 atom stereocenters. The van der Waals surface area contributed by atoms with Gasteiger partial charge in [-0.25, -0.2) is 0 Å².